The summed E-state index contributed by atoms with van der Waals surface area (Å²) in [4.78, 5) is 18.1. The summed E-state index contributed by atoms with van der Waals surface area (Å²) in [6, 6.07) is 5.14. The fourth-order valence-corrected chi connectivity index (χ4v) is 2.00. The van der Waals surface area contributed by atoms with Crippen LogP contribution >= 0.6 is 11.6 Å². The van der Waals surface area contributed by atoms with Gasteiger partial charge in [-0.15, -0.1) is 0 Å². The van der Waals surface area contributed by atoms with Gasteiger partial charge in [-0.3, -0.25) is 4.79 Å². The fourth-order valence-electron chi connectivity index (χ4n) is 1.89. The van der Waals surface area contributed by atoms with Crippen LogP contribution in [0.2, 0.25) is 5.15 Å². The molecule has 0 aliphatic heterocycles. The lowest BCUT2D eigenvalue weighted by Gasteiger charge is -2.17. The number of halogens is 1. The van der Waals surface area contributed by atoms with Crippen molar-refractivity contribution in [2.45, 2.75) is 19.9 Å². The van der Waals surface area contributed by atoms with E-state index in [0.717, 1.165) is 24.2 Å². The van der Waals surface area contributed by atoms with Gasteiger partial charge < -0.3 is 4.90 Å². The van der Waals surface area contributed by atoms with Crippen LogP contribution in [0.5, 0.6) is 0 Å². The highest BCUT2D eigenvalue weighted by Gasteiger charge is 2.05. The first-order valence-corrected chi connectivity index (χ1v) is 6.86. The van der Waals surface area contributed by atoms with E-state index in [4.69, 9.17) is 11.6 Å². The van der Waals surface area contributed by atoms with Crippen LogP contribution in [0.1, 0.15) is 18.9 Å². The predicted octanol–water partition coefficient (Wildman–Crippen LogP) is 2.19. The average molecular weight is 293 g/mol. The molecule has 0 spiro atoms. The Balaban J connectivity index is 2.17. The highest BCUT2D eigenvalue weighted by molar-refractivity contribution is 6.29. The Bertz CT molecular complexity index is 624. The average Bonchev–Trinajstić information content (AvgIpc) is 2.43. The first kappa shape index (κ1) is 14.5. The Morgan fingerprint density at radius 3 is 2.75 bits per heavy atom. The summed E-state index contributed by atoms with van der Waals surface area (Å²) >= 11 is 5.73. The van der Waals surface area contributed by atoms with Gasteiger partial charge in [0.1, 0.15) is 5.15 Å². The van der Waals surface area contributed by atoms with Crippen LogP contribution in [-0.2, 0) is 6.54 Å². The number of hydrogen-bond acceptors (Lipinski definition) is 4. The van der Waals surface area contributed by atoms with Crippen molar-refractivity contribution < 1.29 is 0 Å². The van der Waals surface area contributed by atoms with Gasteiger partial charge in [0.25, 0.3) is 5.56 Å². The second-order valence-corrected chi connectivity index (χ2v) is 5.01. The van der Waals surface area contributed by atoms with Gasteiger partial charge in [0, 0.05) is 25.9 Å². The smallest absolute Gasteiger partial charge is 0.269 e. The fraction of sp³-hybridized carbons (Fsp3) is 0.357. The maximum atomic E-state index is 12.0. The number of rotatable bonds is 5. The van der Waals surface area contributed by atoms with E-state index in [1.165, 1.54) is 4.68 Å². The Labute approximate surface area is 122 Å². The minimum atomic E-state index is -0.125. The molecule has 0 aromatic carbocycles. The van der Waals surface area contributed by atoms with Gasteiger partial charge in [0.15, 0.2) is 0 Å². The molecule has 2 rings (SSSR count). The molecular weight excluding hydrogens is 276 g/mol. The number of hydrogen-bond donors (Lipinski definition) is 0. The van der Waals surface area contributed by atoms with Gasteiger partial charge in [-0.2, -0.15) is 5.10 Å². The number of anilines is 1. The third-order valence-corrected chi connectivity index (χ3v) is 3.20. The molecule has 0 aliphatic carbocycles. The van der Waals surface area contributed by atoms with E-state index < -0.39 is 0 Å². The predicted molar refractivity (Wildman–Crippen MR) is 80.4 cm³/mol. The minimum Gasteiger partial charge on any atom is -0.373 e. The Morgan fingerprint density at radius 1 is 1.35 bits per heavy atom. The molecule has 0 bridgehead atoms. The highest BCUT2D eigenvalue weighted by atomic mass is 35.5. The largest absolute Gasteiger partial charge is 0.373 e. The van der Waals surface area contributed by atoms with Crippen molar-refractivity contribution >= 4 is 17.3 Å². The molecular formula is C14H17ClN4O. The molecule has 5 nitrogen and oxygen atoms in total. The topological polar surface area (TPSA) is 51.0 Å². The number of nitrogens with zero attached hydrogens (tertiary/aromatic N) is 4. The summed E-state index contributed by atoms with van der Waals surface area (Å²) in [6.45, 7) is 3.38. The lowest BCUT2D eigenvalue weighted by atomic mass is 10.3. The number of pyridine rings is 1. The summed E-state index contributed by atoms with van der Waals surface area (Å²) in [5.41, 5.74) is 1.60. The minimum absolute atomic E-state index is 0.125. The lowest BCUT2D eigenvalue weighted by molar-refractivity contribution is 0.635. The Kier molecular flexibility index (Phi) is 4.74. The van der Waals surface area contributed by atoms with Crippen molar-refractivity contribution in [3.63, 3.8) is 0 Å². The van der Waals surface area contributed by atoms with Crippen LogP contribution in [0.15, 0.2) is 35.4 Å². The molecule has 0 radical (unpaired) electrons. The molecule has 0 N–H and O–H groups in total. The quantitative estimate of drug-likeness (QED) is 0.793. The van der Waals surface area contributed by atoms with Gasteiger partial charge in [0.05, 0.1) is 18.4 Å². The summed E-state index contributed by atoms with van der Waals surface area (Å²) in [5, 5.41) is 4.64. The molecule has 0 amide bonds. The first-order chi connectivity index (χ1) is 9.60. The van der Waals surface area contributed by atoms with Gasteiger partial charge in [-0.05, 0) is 18.1 Å². The molecule has 0 fully saturated rings. The monoisotopic (exact) mass is 292 g/mol. The molecule has 2 heterocycles. The van der Waals surface area contributed by atoms with Crippen LogP contribution in [0.4, 0.5) is 5.69 Å². The molecule has 0 saturated heterocycles. The van der Waals surface area contributed by atoms with Crippen molar-refractivity contribution in [3.8, 4) is 0 Å². The summed E-state index contributed by atoms with van der Waals surface area (Å²) in [6.07, 6.45) is 4.38. The lowest BCUT2D eigenvalue weighted by Crippen LogP contribution is -2.26. The Hall–Kier alpha value is -1.88. The van der Waals surface area contributed by atoms with Gasteiger partial charge in [0.2, 0.25) is 0 Å². The maximum absolute atomic E-state index is 12.0. The summed E-state index contributed by atoms with van der Waals surface area (Å²) in [7, 11) is 1.95. The van der Waals surface area contributed by atoms with Gasteiger partial charge >= 0.3 is 0 Å². The molecule has 0 atom stereocenters. The molecule has 0 unspecified atom stereocenters. The van der Waals surface area contributed by atoms with E-state index >= 15 is 0 Å². The normalized spacial score (nSPS) is 10.6. The van der Waals surface area contributed by atoms with Crippen molar-refractivity contribution in [3.05, 3.63) is 51.7 Å². The van der Waals surface area contributed by atoms with Crippen molar-refractivity contribution in [1.29, 1.82) is 0 Å². The third kappa shape index (κ3) is 3.57. The zero-order valence-corrected chi connectivity index (χ0v) is 12.3. The first-order valence-electron chi connectivity index (χ1n) is 6.49. The SMILES string of the molecule is CCCN(C)c1cnn(Cc2ccc(Cl)nc2)c(=O)c1. The molecule has 106 valence electrons. The van der Waals surface area contributed by atoms with E-state index in [0.29, 0.717) is 11.7 Å². The second kappa shape index (κ2) is 6.52. The maximum Gasteiger partial charge on any atom is 0.269 e. The molecule has 2 aromatic heterocycles. The van der Waals surface area contributed by atoms with E-state index in [2.05, 4.69) is 17.0 Å². The van der Waals surface area contributed by atoms with Crippen molar-refractivity contribution in [2.24, 2.45) is 0 Å². The molecule has 0 saturated carbocycles. The zero-order valence-electron chi connectivity index (χ0n) is 11.6. The van der Waals surface area contributed by atoms with Crippen LogP contribution in [-0.4, -0.2) is 28.4 Å². The van der Waals surface area contributed by atoms with E-state index in [9.17, 15) is 4.79 Å². The number of aromatic nitrogens is 3. The summed E-state index contributed by atoms with van der Waals surface area (Å²) in [5.74, 6) is 0. The molecule has 20 heavy (non-hydrogen) atoms. The van der Waals surface area contributed by atoms with Crippen LogP contribution in [0.3, 0.4) is 0 Å². The van der Waals surface area contributed by atoms with Crippen LogP contribution in [0.25, 0.3) is 0 Å². The van der Waals surface area contributed by atoms with Gasteiger partial charge in [-0.1, -0.05) is 24.6 Å². The second-order valence-electron chi connectivity index (χ2n) is 4.62. The zero-order chi connectivity index (χ0) is 14.5. The van der Waals surface area contributed by atoms with Gasteiger partial charge in [-0.25, -0.2) is 9.67 Å². The molecule has 2 aromatic rings. The molecule has 6 heteroatoms. The highest BCUT2D eigenvalue weighted by Crippen LogP contribution is 2.09. The van der Waals surface area contributed by atoms with Crippen molar-refractivity contribution in [2.75, 3.05) is 18.5 Å². The van der Waals surface area contributed by atoms with E-state index in [1.807, 2.05) is 18.0 Å². The Morgan fingerprint density at radius 2 is 2.15 bits per heavy atom. The summed E-state index contributed by atoms with van der Waals surface area (Å²) < 4.78 is 1.41. The van der Waals surface area contributed by atoms with Crippen LogP contribution in [0, 0.1) is 0 Å². The standard InChI is InChI=1S/C14H17ClN4O/c1-3-6-18(2)12-7-14(20)19(17-9-12)10-11-4-5-13(15)16-8-11/h4-5,7-9H,3,6,10H2,1-2H3. The molecule has 0 aliphatic rings. The third-order valence-electron chi connectivity index (χ3n) is 2.98. The van der Waals surface area contributed by atoms with Crippen LogP contribution < -0.4 is 10.5 Å². The van der Waals surface area contributed by atoms with Crippen molar-refractivity contribution in [1.82, 2.24) is 14.8 Å². The van der Waals surface area contributed by atoms with E-state index in [-0.39, 0.29) is 5.56 Å². The van der Waals surface area contributed by atoms with E-state index in [1.54, 1.807) is 24.5 Å².